The van der Waals surface area contributed by atoms with Gasteiger partial charge < -0.3 is 14.2 Å². The first-order valence-electron chi connectivity index (χ1n) is 6.89. The molecule has 0 aliphatic heterocycles. The van der Waals surface area contributed by atoms with E-state index in [1.165, 1.54) is 0 Å². The van der Waals surface area contributed by atoms with Crippen molar-refractivity contribution < 1.29 is 9.90 Å². The molecule has 0 saturated heterocycles. The smallest absolute Gasteiger partial charge is 0.335 e. The van der Waals surface area contributed by atoms with Gasteiger partial charge in [0.2, 0.25) is 0 Å². The van der Waals surface area contributed by atoms with E-state index in [0.29, 0.717) is 18.2 Å². The number of imidazole rings is 1. The first-order chi connectivity index (χ1) is 10.1. The third-order valence-electron chi connectivity index (χ3n) is 3.66. The van der Waals surface area contributed by atoms with Crippen LogP contribution in [0.3, 0.4) is 0 Å². The zero-order chi connectivity index (χ0) is 15.0. The monoisotopic (exact) mass is 283 g/mol. The van der Waals surface area contributed by atoms with Crippen molar-refractivity contribution in [3.63, 3.8) is 0 Å². The maximum Gasteiger partial charge on any atom is 0.335 e. The second-order valence-electron chi connectivity index (χ2n) is 5.41. The Labute approximate surface area is 122 Å². The van der Waals surface area contributed by atoms with Gasteiger partial charge in [0.15, 0.2) is 0 Å². The average molecular weight is 283 g/mol. The van der Waals surface area contributed by atoms with E-state index in [1.54, 1.807) is 12.1 Å². The molecule has 0 bridgehead atoms. The van der Waals surface area contributed by atoms with Gasteiger partial charge in [-0.15, -0.1) is 0 Å². The van der Waals surface area contributed by atoms with Crippen LogP contribution in [0, 0.1) is 0 Å². The zero-order valence-electron chi connectivity index (χ0n) is 12.0. The van der Waals surface area contributed by atoms with Crippen molar-refractivity contribution in [2.24, 2.45) is 0 Å². The molecule has 0 saturated carbocycles. The predicted octanol–water partition coefficient (Wildman–Crippen LogP) is 3.17. The van der Waals surface area contributed by atoms with Gasteiger partial charge >= 0.3 is 5.97 Å². The SMILES string of the molecule is CC(C)n1cncc1Cn1ccc2ccc(C(=O)O)cc21. The summed E-state index contributed by atoms with van der Waals surface area (Å²) in [5.74, 6) is -0.906. The summed E-state index contributed by atoms with van der Waals surface area (Å²) in [7, 11) is 0. The van der Waals surface area contributed by atoms with Gasteiger partial charge in [0.25, 0.3) is 0 Å². The standard InChI is InChI=1S/C16H17N3O2/c1-11(2)19-10-17-8-14(19)9-18-6-5-12-3-4-13(16(20)21)7-15(12)18/h3-8,10-11H,9H2,1-2H3,(H,20,21). The largest absolute Gasteiger partial charge is 0.478 e. The molecular weight excluding hydrogens is 266 g/mol. The maximum absolute atomic E-state index is 11.1. The molecule has 0 amide bonds. The van der Waals surface area contributed by atoms with Crippen LogP contribution >= 0.6 is 0 Å². The van der Waals surface area contributed by atoms with E-state index in [9.17, 15) is 4.79 Å². The third-order valence-corrected chi connectivity index (χ3v) is 3.66. The van der Waals surface area contributed by atoms with E-state index in [4.69, 9.17) is 5.11 Å². The summed E-state index contributed by atoms with van der Waals surface area (Å²) in [5, 5.41) is 10.2. The van der Waals surface area contributed by atoms with Crippen LogP contribution < -0.4 is 0 Å². The molecule has 0 spiro atoms. The van der Waals surface area contributed by atoms with Gasteiger partial charge in [-0.25, -0.2) is 9.78 Å². The van der Waals surface area contributed by atoms with Crippen LogP contribution in [0.4, 0.5) is 0 Å². The summed E-state index contributed by atoms with van der Waals surface area (Å²) < 4.78 is 4.17. The van der Waals surface area contributed by atoms with Gasteiger partial charge in [0.1, 0.15) is 0 Å². The van der Waals surface area contributed by atoms with Gasteiger partial charge in [-0.05, 0) is 37.4 Å². The van der Waals surface area contributed by atoms with E-state index >= 15 is 0 Å². The minimum absolute atomic E-state index is 0.305. The minimum Gasteiger partial charge on any atom is -0.478 e. The highest BCUT2D eigenvalue weighted by Gasteiger charge is 2.10. The second kappa shape index (κ2) is 5.09. The fourth-order valence-electron chi connectivity index (χ4n) is 2.55. The topological polar surface area (TPSA) is 60.0 Å². The number of carboxylic acids is 1. The molecule has 5 nitrogen and oxygen atoms in total. The highest BCUT2D eigenvalue weighted by atomic mass is 16.4. The Morgan fingerprint density at radius 1 is 1.33 bits per heavy atom. The molecule has 2 aromatic heterocycles. The van der Waals surface area contributed by atoms with Crippen molar-refractivity contribution in [2.75, 3.05) is 0 Å². The normalized spacial score (nSPS) is 11.4. The van der Waals surface area contributed by atoms with Crippen molar-refractivity contribution in [1.29, 1.82) is 0 Å². The highest BCUT2D eigenvalue weighted by molar-refractivity contribution is 5.93. The molecule has 21 heavy (non-hydrogen) atoms. The number of rotatable bonds is 4. The number of aromatic nitrogens is 3. The van der Waals surface area contributed by atoms with E-state index in [1.807, 2.05) is 30.9 Å². The van der Waals surface area contributed by atoms with Crippen molar-refractivity contribution >= 4 is 16.9 Å². The highest BCUT2D eigenvalue weighted by Crippen LogP contribution is 2.20. The second-order valence-corrected chi connectivity index (χ2v) is 5.41. The van der Waals surface area contributed by atoms with Crippen molar-refractivity contribution in [2.45, 2.75) is 26.4 Å². The van der Waals surface area contributed by atoms with E-state index in [-0.39, 0.29) is 0 Å². The molecule has 0 fully saturated rings. The van der Waals surface area contributed by atoms with Gasteiger partial charge in [-0.3, -0.25) is 0 Å². The zero-order valence-corrected chi connectivity index (χ0v) is 12.0. The van der Waals surface area contributed by atoms with Gasteiger partial charge in [-0.1, -0.05) is 6.07 Å². The number of carbonyl (C=O) groups is 1. The van der Waals surface area contributed by atoms with Crippen LogP contribution in [0.1, 0.15) is 35.9 Å². The molecule has 0 aliphatic rings. The quantitative estimate of drug-likeness (QED) is 0.800. The van der Waals surface area contributed by atoms with Gasteiger partial charge in [0.05, 0.1) is 24.1 Å². The number of aromatic carboxylic acids is 1. The van der Waals surface area contributed by atoms with Gasteiger partial charge in [-0.2, -0.15) is 0 Å². The summed E-state index contributed by atoms with van der Waals surface area (Å²) in [5.41, 5.74) is 2.33. The molecule has 2 heterocycles. The molecule has 0 unspecified atom stereocenters. The molecule has 1 N–H and O–H groups in total. The number of hydrogen-bond donors (Lipinski definition) is 1. The Balaban J connectivity index is 2.02. The Kier molecular flexibility index (Phi) is 3.25. The number of benzene rings is 1. The van der Waals surface area contributed by atoms with E-state index in [2.05, 4.69) is 28.0 Å². The van der Waals surface area contributed by atoms with Crippen LogP contribution in [-0.4, -0.2) is 25.2 Å². The number of carboxylic acid groups (broad SMARTS) is 1. The van der Waals surface area contributed by atoms with Crippen LogP contribution in [-0.2, 0) is 6.54 Å². The van der Waals surface area contributed by atoms with Crippen LogP contribution in [0.25, 0.3) is 10.9 Å². The first kappa shape index (κ1) is 13.4. The molecular formula is C16H17N3O2. The number of hydrogen-bond acceptors (Lipinski definition) is 2. The summed E-state index contributed by atoms with van der Waals surface area (Å²) in [6.07, 6.45) is 5.66. The van der Waals surface area contributed by atoms with Crippen molar-refractivity contribution in [3.8, 4) is 0 Å². The Morgan fingerprint density at radius 2 is 2.14 bits per heavy atom. The summed E-state index contributed by atoms with van der Waals surface area (Å²) in [6, 6.07) is 7.53. The van der Waals surface area contributed by atoms with E-state index < -0.39 is 5.97 Å². The number of nitrogens with zero attached hydrogens (tertiary/aromatic N) is 3. The molecule has 0 radical (unpaired) electrons. The molecule has 3 rings (SSSR count). The Bertz CT molecular complexity index is 799. The molecule has 5 heteroatoms. The first-order valence-corrected chi connectivity index (χ1v) is 6.89. The number of fused-ring (bicyclic) bond motifs is 1. The molecule has 108 valence electrons. The fraction of sp³-hybridized carbons (Fsp3) is 0.250. The predicted molar refractivity (Wildman–Crippen MR) is 80.6 cm³/mol. The lowest BCUT2D eigenvalue weighted by atomic mass is 10.1. The molecule has 3 aromatic rings. The summed E-state index contributed by atoms with van der Waals surface area (Å²) in [6.45, 7) is 4.90. The summed E-state index contributed by atoms with van der Waals surface area (Å²) in [4.78, 5) is 15.3. The van der Waals surface area contributed by atoms with Crippen LogP contribution in [0.2, 0.25) is 0 Å². The van der Waals surface area contributed by atoms with Gasteiger partial charge in [0, 0.05) is 24.0 Å². The van der Waals surface area contributed by atoms with Crippen LogP contribution in [0.5, 0.6) is 0 Å². The molecule has 0 aliphatic carbocycles. The lowest BCUT2D eigenvalue weighted by Gasteiger charge is -2.13. The fourth-order valence-corrected chi connectivity index (χ4v) is 2.55. The molecule has 1 aromatic carbocycles. The maximum atomic E-state index is 11.1. The van der Waals surface area contributed by atoms with Crippen molar-refractivity contribution in [3.05, 3.63) is 54.2 Å². The minimum atomic E-state index is -0.906. The average Bonchev–Trinajstić information content (AvgIpc) is 3.06. The van der Waals surface area contributed by atoms with E-state index in [0.717, 1.165) is 16.6 Å². The lowest BCUT2D eigenvalue weighted by molar-refractivity contribution is 0.0697. The van der Waals surface area contributed by atoms with Crippen molar-refractivity contribution in [1.82, 2.24) is 14.1 Å². The third kappa shape index (κ3) is 2.42. The Hall–Kier alpha value is -2.56. The van der Waals surface area contributed by atoms with Crippen LogP contribution in [0.15, 0.2) is 43.0 Å². The molecule has 0 atom stereocenters. The Morgan fingerprint density at radius 3 is 2.86 bits per heavy atom. The lowest BCUT2D eigenvalue weighted by Crippen LogP contribution is -2.08. The summed E-state index contributed by atoms with van der Waals surface area (Å²) >= 11 is 0.